The van der Waals surface area contributed by atoms with Gasteiger partial charge in [-0.25, -0.2) is 4.98 Å². The number of rotatable bonds is 9. The van der Waals surface area contributed by atoms with Crippen LogP contribution in [0.15, 0.2) is 237 Å². The van der Waals surface area contributed by atoms with E-state index in [1.165, 1.54) is 60.8 Å². The minimum atomic E-state index is -0.674. The lowest BCUT2D eigenvalue weighted by Gasteiger charge is -2.37. The van der Waals surface area contributed by atoms with Crippen LogP contribution in [-0.2, 0) is 10.8 Å². The Kier molecular flexibility index (Phi) is 10.0. The third-order valence-electron chi connectivity index (χ3n) is 13.2. The zero-order chi connectivity index (χ0) is 44.0. The Morgan fingerprint density at radius 3 is 1.55 bits per heavy atom. The second-order valence-electron chi connectivity index (χ2n) is 18.1. The number of pyridine rings is 1. The molecule has 0 spiro atoms. The van der Waals surface area contributed by atoms with Crippen molar-refractivity contribution in [2.24, 2.45) is 0 Å². The first-order chi connectivity index (χ1) is 31.8. The van der Waals surface area contributed by atoms with Gasteiger partial charge in [0.25, 0.3) is 0 Å². The van der Waals surface area contributed by atoms with Gasteiger partial charge in [-0.15, -0.1) is 0 Å². The van der Waals surface area contributed by atoms with Gasteiger partial charge in [0.2, 0.25) is 0 Å². The lowest BCUT2D eigenvalue weighted by atomic mass is 9.65. The van der Waals surface area contributed by atoms with Crippen molar-refractivity contribution in [3.05, 3.63) is 265 Å². The standard InChI is InChI=1S/C61H50N4/c1-60(2,3)50-33-34-62-59(42-50)65-57-30-17-16-29-55(57)56-32-31-52(41-58(56)65)61(48-23-12-6-13-24-48,49-25-14-7-15-26-49)51-27-18-28-53(40-51)63-35-36-64(43-63)54-38-46(44-19-8-4-9-20-44)37-47(39-54)45-21-10-5-11-22-45/h4-42H,43H2,1-3H3. The average molecular weight is 839 g/mol. The Hall–Kier alpha value is -7.95. The van der Waals surface area contributed by atoms with Gasteiger partial charge in [-0.3, -0.25) is 4.57 Å². The van der Waals surface area contributed by atoms with Crippen molar-refractivity contribution in [2.45, 2.75) is 31.6 Å². The summed E-state index contributed by atoms with van der Waals surface area (Å²) in [5.74, 6) is 0.920. The Labute approximate surface area is 382 Å². The summed E-state index contributed by atoms with van der Waals surface area (Å²) in [6, 6.07) is 79.8. The molecule has 4 nitrogen and oxygen atoms in total. The van der Waals surface area contributed by atoms with Gasteiger partial charge in [-0.1, -0.05) is 185 Å². The van der Waals surface area contributed by atoms with Crippen LogP contribution < -0.4 is 9.80 Å². The third kappa shape index (κ3) is 7.18. The number of nitrogens with zero attached hydrogens (tertiary/aromatic N) is 4. The molecule has 1 aliphatic heterocycles. The number of fused-ring (bicyclic) bond motifs is 3. The summed E-state index contributed by atoms with van der Waals surface area (Å²) in [6.45, 7) is 7.46. The van der Waals surface area contributed by atoms with E-state index in [-0.39, 0.29) is 5.41 Å². The second-order valence-corrected chi connectivity index (χ2v) is 18.1. The van der Waals surface area contributed by atoms with E-state index >= 15 is 0 Å². The van der Waals surface area contributed by atoms with E-state index in [1.54, 1.807) is 0 Å². The van der Waals surface area contributed by atoms with Crippen LogP contribution in [0.3, 0.4) is 0 Å². The molecule has 0 radical (unpaired) electrons. The van der Waals surface area contributed by atoms with E-state index in [4.69, 9.17) is 4.98 Å². The first kappa shape index (κ1) is 39.9. The van der Waals surface area contributed by atoms with Gasteiger partial charge in [-0.2, -0.15) is 0 Å². The van der Waals surface area contributed by atoms with Crippen LogP contribution in [-0.4, -0.2) is 16.2 Å². The normalized spacial score (nSPS) is 13.0. The zero-order valence-corrected chi connectivity index (χ0v) is 37.0. The van der Waals surface area contributed by atoms with Crippen LogP contribution in [0, 0.1) is 0 Å². The molecule has 0 saturated heterocycles. The molecule has 11 rings (SSSR count). The third-order valence-corrected chi connectivity index (χ3v) is 13.2. The molecule has 0 bridgehead atoms. The highest BCUT2D eigenvalue weighted by atomic mass is 15.3. The quantitative estimate of drug-likeness (QED) is 0.135. The Bertz CT molecular complexity index is 3230. The number of para-hydroxylation sites is 1. The van der Waals surface area contributed by atoms with E-state index in [0.717, 1.165) is 28.2 Å². The first-order valence-electron chi connectivity index (χ1n) is 22.5. The summed E-state index contributed by atoms with van der Waals surface area (Å²) < 4.78 is 2.36. The summed E-state index contributed by atoms with van der Waals surface area (Å²) in [6.07, 6.45) is 6.38. The number of hydrogen-bond acceptors (Lipinski definition) is 3. The van der Waals surface area contributed by atoms with Crippen LogP contribution in [0.4, 0.5) is 11.4 Å². The van der Waals surface area contributed by atoms with Crippen molar-refractivity contribution in [1.82, 2.24) is 9.55 Å². The van der Waals surface area contributed by atoms with Crippen LogP contribution in [0.25, 0.3) is 49.9 Å². The summed E-state index contributed by atoms with van der Waals surface area (Å²) in [5.41, 5.74) is 14.6. The van der Waals surface area contributed by atoms with Crippen LogP contribution in [0.2, 0.25) is 0 Å². The van der Waals surface area contributed by atoms with Gasteiger partial charge in [0.1, 0.15) is 5.82 Å². The molecule has 314 valence electrons. The fourth-order valence-corrected chi connectivity index (χ4v) is 9.88. The monoisotopic (exact) mass is 838 g/mol. The molecular weight excluding hydrogens is 789 g/mol. The van der Waals surface area contributed by atoms with E-state index in [9.17, 15) is 0 Å². The number of hydrogen-bond donors (Lipinski definition) is 0. The fourth-order valence-electron chi connectivity index (χ4n) is 9.88. The highest BCUT2D eigenvalue weighted by molar-refractivity contribution is 6.09. The van der Waals surface area contributed by atoms with Crippen molar-refractivity contribution in [3.8, 4) is 28.1 Å². The van der Waals surface area contributed by atoms with Gasteiger partial charge in [-0.05, 0) is 110 Å². The predicted octanol–water partition coefficient (Wildman–Crippen LogP) is 14.9. The number of benzene rings is 8. The maximum atomic E-state index is 5.03. The molecule has 2 aromatic heterocycles. The predicted molar refractivity (Wildman–Crippen MR) is 272 cm³/mol. The maximum Gasteiger partial charge on any atom is 0.137 e. The molecule has 0 saturated carbocycles. The Morgan fingerprint density at radius 2 is 0.923 bits per heavy atom. The smallest absolute Gasteiger partial charge is 0.137 e. The average Bonchev–Trinajstić information content (AvgIpc) is 3.99. The lowest BCUT2D eigenvalue weighted by molar-refractivity contribution is 0.588. The van der Waals surface area contributed by atoms with Gasteiger partial charge in [0.05, 0.1) is 23.1 Å². The van der Waals surface area contributed by atoms with Crippen molar-refractivity contribution in [3.63, 3.8) is 0 Å². The summed E-state index contributed by atoms with van der Waals surface area (Å²) in [4.78, 5) is 9.74. The van der Waals surface area contributed by atoms with Crippen molar-refractivity contribution in [2.75, 3.05) is 16.5 Å². The molecule has 8 aromatic carbocycles. The Morgan fingerprint density at radius 1 is 0.385 bits per heavy atom. The van der Waals surface area contributed by atoms with E-state index < -0.39 is 5.41 Å². The minimum absolute atomic E-state index is 0.0265. The number of anilines is 2. The van der Waals surface area contributed by atoms with Gasteiger partial charge >= 0.3 is 0 Å². The van der Waals surface area contributed by atoms with Crippen molar-refractivity contribution in [1.29, 1.82) is 0 Å². The SMILES string of the molecule is CC(C)(C)c1ccnc(-n2c3ccccc3c3ccc(C(c4ccccc4)(c4ccccc4)c4cccc(N5C=CN(c6cc(-c7ccccc7)cc(-c7ccccc7)c6)C5)c4)cc32)c1. The molecule has 0 atom stereocenters. The first-order valence-corrected chi connectivity index (χ1v) is 22.5. The van der Waals surface area contributed by atoms with Gasteiger partial charge < -0.3 is 9.80 Å². The lowest BCUT2D eigenvalue weighted by Crippen LogP contribution is -2.31. The topological polar surface area (TPSA) is 24.3 Å². The molecular formula is C61H50N4. The van der Waals surface area contributed by atoms with E-state index in [0.29, 0.717) is 6.67 Å². The molecule has 0 N–H and O–H groups in total. The minimum Gasteiger partial charge on any atom is -0.328 e. The summed E-state index contributed by atoms with van der Waals surface area (Å²) >= 11 is 0. The van der Waals surface area contributed by atoms with Gasteiger partial charge in [0, 0.05) is 40.7 Å². The molecule has 0 unspecified atom stereocenters. The zero-order valence-electron chi connectivity index (χ0n) is 37.0. The maximum absolute atomic E-state index is 5.03. The Balaban J connectivity index is 1.06. The fraction of sp³-hybridized carbons (Fsp3) is 0.0984. The van der Waals surface area contributed by atoms with E-state index in [1.807, 2.05) is 6.20 Å². The molecule has 10 aromatic rings. The number of aromatic nitrogens is 2. The second kappa shape index (κ2) is 16.3. The molecule has 0 amide bonds. The molecule has 4 heteroatoms. The molecule has 65 heavy (non-hydrogen) atoms. The molecule has 1 aliphatic rings. The van der Waals surface area contributed by atoms with E-state index in [2.05, 4.69) is 266 Å². The molecule has 0 fully saturated rings. The van der Waals surface area contributed by atoms with Gasteiger partial charge in [0.15, 0.2) is 0 Å². The molecule has 0 aliphatic carbocycles. The van der Waals surface area contributed by atoms with Crippen LogP contribution >= 0.6 is 0 Å². The molecule has 3 heterocycles. The van der Waals surface area contributed by atoms with Crippen molar-refractivity contribution < 1.29 is 0 Å². The highest BCUT2D eigenvalue weighted by Crippen LogP contribution is 2.48. The summed E-state index contributed by atoms with van der Waals surface area (Å²) in [5, 5.41) is 2.41. The highest BCUT2D eigenvalue weighted by Gasteiger charge is 2.39. The summed E-state index contributed by atoms with van der Waals surface area (Å²) in [7, 11) is 0. The van der Waals surface area contributed by atoms with Crippen LogP contribution in [0.5, 0.6) is 0 Å². The van der Waals surface area contributed by atoms with Crippen molar-refractivity contribution >= 4 is 33.2 Å². The largest absolute Gasteiger partial charge is 0.328 e. The van der Waals surface area contributed by atoms with Crippen LogP contribution in [0.1, 0.15) is 48.6 Å².